The Bertz CT molecular complexity index is 652. The van der Waals surface area contributed by atoms with Gasteiger partial charge in [0.05, 0.1) is 21.7 Å². The molecule has 0 heterocycles. The summed E-state index contributed by atoms with van der Waals surface area (Å²) in [5.74, 6) is 0.0650. The molecular formula is C14H8Cl2FNO. The first kappa shape index (κ1) is 13.7. The molecule has 0 bridgehead atoms. The number of nitriles is 1. The minimum atomic E-state index is -0.418. The van der Waals surface area contributed by atoms with Crippen LogP contribution < -0.4 is 4.74 Å². The van der Waals surface area contributed by atoms with Crippen molar-refractivity contribution in [3.05, 3.63) is 63.4 Å². The van der Waals surface area contributed by atoms with Crippen molar-refractivity contribution in [3.8, 4) is 11.8 Å². The van der Waals surface area contributed by atoms with Gasteiger partial charge in [0.15, 0.2) is 0 Å². The van der Waals surface area contributed by atoms with E-state index in [1.807, 2.05) is 6.07 Å². The maximum absolute atomic E-state index is 13.5. The molecule has 2 nitrogen and oxygen atoms in total. The lowest BCUT2D eigenvalue weighted by molar-refractivity contribution is 0.300. The molecule has 19 heavy (non-hydrogen) atoms. The van der Waals surface area contributed by atoms with Gasteiger partial charge in [0.2, 0.25) is 0 Å². The average molecular weight is 296 g/mol. The number of nitrogens with zero attached hydrogens (tertiary/aromatic N) is 1. The van der Waals surface area contributed by atoms with E-state index in [0.717, 1.165) is 0 Å². The molecule has 2 aromatic rings. The van der Waals surface area contributed by atoms with E-state index in [9.17, 15) is 4.39 Å². The van der Waals surface area contributed by atoms with E-state index in [1.54, 1.807) is 18.2 Å². The molecule has 0 aliphatic rings. The highest BCUT2D eigenvalue weighted by Gasteiger charge is 2.06. The molecule has 5 heteroatoms. The van der Waals surface area contributed by atoms with Crippen LogP contribution in [0.25, 0.3) is 0 Å². The normalized spacial score (nSPS) is 10.0. The van der Waals surface area contributed by atoms with Crippen molar-refractivity contribution < 1.29 is 9.13 Å². The highest BCUT2D eigenvalue weighted by molar-refractivity contribution is 6.42. The zero-order chi connectivity index (χ0) is 13.8. The molecular weight excluding hydrogens is 288 g/mol. The third-order valence-corrected chi connectivity index (χ3v) is 3.20. The first-order valence-corrected chi connectivity index (χ1v) is 6.12. The van der Waals surface area contributed by atoms with E-state index in [4.69, 9.17) is 33.2 Å². The first-order valence-electron chi connectivity index (χ1n) is 5.36. The van der Waals surface area contributed by atoms with Crippen molar-refractivity contribution in [2.75, 3.05) is 0 Å². The van der Waals surface area contributed by atoms with E-state index >= 15 is 0 Å². The summed E-state index contributed by atoms with van der Waals surface area (Å²) in [6.07, 6.45) is 0. The van der Waals surface area contributed by atoms with E-state index < -0.39 is 5.82 Å². The Morgan fingerprint density at radius 2 is 1.89 bits per heavy atom. The fraction of sp³-hybridized carbons (Fsp3) is 0.0714. The van der Waals surface area contributed by atoms with Gasteiger partial charge in [-0.2, -0.15) is 5.26 Å². The molecule has 0 unspecified atom stereocenters. The lowest BCUT2D eigenvalue weighted by Gasteiger charge is -2.08. The van der Waals surface area contributed by atoms with Crippen LogP contribution in [0.2, 0.25) is 10.0 Å². The molecule has 0 atom stereocenters. The lowest BCUT2D eigenvalue weighted by Crippen LogP contribution is -1.99. The lowest BCUT2D eigenvalue weighted by atomic mass is 10.1. The number of halogens is 3. The third kappa shape index (κ3) is 3.37. The van der Waals surface area contributed by atoms with Gasteiger partial charge < -0.3 is 4.74 Å². The number of hydrogen-bond donors (Lipinski definition) is 0. The second kappa shape index (κ2) is 5.92. The quantitative estimate of drug-likeness (QED) is 0.830. The van der Waals surface area contributed by atoms with Gasteiger partial charge in [-0.25, -0.2) is 4.39 Å². The topological polar surface area (TPSA) is 33.0 Å². The molecule has 0 amide bonds. The van der Waals surface area contributed by atoms with Gasteiger partial charge in [0, 0.05) is 11.6 Å². The van der Waals surface area contributed by atoms with Crippen LogP contribution in [0.1, 0.15) is 11.1 Å². The van der Waals surface area contributed by atoms with Gasteiger partial charge in [-0.05, 0) is 30.3 Å². The van der Waals surface area contributed by atoms with Crippen LogP contribution in [-0.4, -0.2) is 0 Å². The van der Waals surface area contributed by atoms with Crippen molar-refractivity contribution in [3.63, 3.8) is 0 Å². The molecule has 0 N–H and O–H groups in total. The summed E-state index contributed by atoms with van der Waals surface area (Å²) in [4.78, 5) is 0. The van der Waals surface area contributed by atoms with Gasteiger partial charge >= 0.3 is 0 Å². The van der Waals surface area contributed by atoms with Crippen molar-refractivity contribution in [2.24, 2.45) is 0 Å². The predicted molar refractivity (Wildman–Crippen MR) is 71.9 cm³/mol. The summed E-state index contributed by atoms with van der Waals surface area (Å²) in [5.41, 5.74) is 0.694. The van der Waals surface area contributed by atoms with Gasteiger partial charge in [-0.15, -0.1) is 0 Å². The van der Waals surface area contributed by atoms with Crippen molar-refractivity contribution >= 4 is 23.2 Å². The molecule has 2 rings (SSSR count). The Morgan fingerprint density at radius 1 is 1.11 bits per heavy atom. The van der Waals surface area contributed by atoms with Crippen LogP contribution in [0, 0.1) is 17.1 Å². The number of benzene rings is 2. The Kier molecular flexibility index (Phi) is 4.26. The zero-order valence-corrected chi connectivity index (χ0v) is 11.2. The van der Waals surface area contributed by atoms with E-state index in [1.165, 1.54) is 18.2 Å². The fourth-order valence-corrected chi connectivity index (χ4v) is 1.77. The molecule has 0 radical (unpaired) electrons. The van der Waals surface area contributed by atoms with E-state index in [-0.39, 0.29) is 6.61 Å². The second-order valence-electron chi connectivity index (χ2n) is 3.78. The summed E-state index contributed by atoms with van der Waals surface area (Å²) >= 11 is 11.6. The van der Waals surface area contributed by atoms with Crippen molar-refractivity contribution in [2.45, 2.75) is 6.61 Å². The number of ether oxygens (including phenoxy) is 1. The van der Waals surface area contributed by atoms with Gasteiger partial charge in [0.1, 0.15) is 18.2 Å². The Morgan fingerprint density at radius 3 is 2.58 bits per heavy atom. The van der Waals surface area contributed by atoms with Crippen LogP contribution in [-0.2, 0) is 6.61 Å². The molecule has 0 aliphatic heterocycles. The second-order valence-corrected chi connectivity index (χ2v) is 4.60. The van der Waals surface area contributed by atoms with Crippen LogP contribution in [0.3, 0.4) is 0 Å². The van der Waals surface area contributed by atoms with Crippen LogP contribution in [0.5, 0.6) is 5.75 Å². The molecule has 0 aromatic heterocycles. The molecule has 0 saturated heterocycles. The summed E-state index contributed by atoms with van der Waals surface area (Å²) < 4.78 is 18.9. The SMILES string of the molecule is N#Cc1ccc(F)c(COc2ccc(Cl)c(Cl)c2)c1. The van der Waals surface area contributed by atoms with E-state index in [0.29, 0.717) is 26.9 Å². The summed E-state index contributed by atoms with van der Waals surface area (Å²) in [7, 11) is 0. The molecule has 0 spiro atoms. The van der Waals surface area contributed by atoms with E-state index in [2.05, 4.69) is 0 Å². The number of rotatable bonds is 3. The predicted octanol–water partition coefficient (Wildman–Crippen LogP) is 4.58. The molecule has 0 fully saturated rings. The minimum Gasteiger partial charge on any atom is -0.489 e. The molecule has 2 aromatic carbocycles. The highest BCUT2D eigenvalue weighted by atomic mass is 35.5. The van der Waals surface area contributed by atoms with Crippen LogP contribution in [0.15, 0.2) is 36.4 Å². The van der Waals surface area contributed by atoms with Crippen molar-refractivity contribution in [1.82, 2.24) is 0 Å². The number of hydrogen-bond acceptors (Lipinski definition) is 2. The largest absolute Gasteiger partial charge is 0.489 e. The Hall–Kier alpha value is -1.76. The van der Waals surface area contributed by atoms with Gasteiger partial charge in [0.25, 0.3) is 0 Å². The smallest absolute Gasteiger partial charge is 0.129 e. The average Bonchev–Trinajstić information content (AvgIpc) is 2.41. The maximum atomic E-state index is 13.5. The molecule has 96 valence electrons. The first-order chi connectivity index (χ1) is 9.10. The van der Waals surface area contributed by atoms with Crippen LogP contribution >= 0.6 is 23.2 Å². The summed E-state index contributed by atoms with van der Waals surface area (Å²) in [5, 5.41) is 9.55. The van der Waals surface area contributed by atoms with Gasteiger partial charge in [-0.1, -0.05) is 23.2 Å². The van der Waals surface area contributed by atoms with Crippen molar-refractivity contribution in [1.29, 1.82) is 5.26 Å². The molecule has 0 aliphatic carbocycles. The third-order valence-electron chi connectivity index (χ3n) is 2.46. The molecule has 0 saturated carbocycles. The summed E-state index contributed by atoms with van der Waals surface area (Å²) in [6.45, 7) is 0.0132. The maximum Gasteiger partial charge on any atom is 0.129 e. The Balaban J connectivity index is 2.14. The fourth-order valence-electron chi connectivity index (χ4n) is 1.48. The summed E-state index contributed by atoms with van der Waals surface area (Å²) in [6, 6.07) is 10.8. The Labute approximate surface area is 119 Å². The highest BCUT2D eigenvalue weighted by Crippen LogP contribution is 2.27. The standard InChI is InChI=1S/C14H8Cl2FNO/c15-12-3-2-11(6-13(12)16)19-8-10-5-9(7-18)1-4-14(10)17/h1-6H,8H2. The van der Waals surface area contributed by atoms with Crippen LogP contribution in [0.4, 0.5) is 4.39 Å². The minimum absolute atomic E-state index is 0.0132. The zero-order valence-electron chi connectivity index (χ0n) is 9.66. The van der Waals surface area contributed by atoms with Gasteiger partial charge in [-0.3, -0.25) is 0 Å². The monoisotopic (exact) mass is 295 g/mol.